The maximum atomic E-state index is 12.5. The Morgan fingerprint density at radius 3 is 2.55 bits per heavy atom. The molecule has 0 unspecified atom stereocenters. The van der Waals surface area contributed by atoms with Gasteiger partial charge < -0.3 is 9.15 Å². The minimum Gasteiger partial charge on any atom is -0.458 e. The minimum atomic E-state index is -4.68. The van der Waals surface area contributed by atoms with Crippen LogP contribution in [0.1, 0.15) is 11.3 Å². The fourth-order valence-corrected chi connectivity index (χ4v) is 1.50. The first-order valence-corrected chi connectivity index (χ1v) is 5.59. The van der Waals surface area contributed by atoms with E-state index >= 15 is 0 Å². The fraction of sp³-hybridized carbons (Fsp3) is 0.154. The summed E-state index contributed by atoms with van der Waals surface area (Å²) in [6.07, 6.45) is -4.82. The van der Waals surface area contributed by atoms with E-state index in [0.717, 1.165) is 17.9 Å². The number of furan rings is 1. The molecule has 0 aliphatic carbocycles. The average molecular weight is 285 g/mol. The number of benzene rings is 1. The van der Waals surface area contributed by atoms with Crippen molar-refractivity contribution in [1.29, 1.82) is 0 Å². The van der Waals surface area contributed by atoms with E-state index in [-0.39, 0.29) is 6.61 Å². The summed E-state index contributed by atoms with van der Waals surface area (Å²) in [5, 5.41) is 1.99. The molecule has 1 aromatic carbocycles. The Bertz CT molecular complexity index is 578. The number of amides is 1. The standard InChI is InChI=1S/C13H10F3NO3/c14-13(15,16)11-10(6-7-19-11)17-12(18)20-8-9-4-2-1-3-5-9/h1-7H,8H2,(H,17,18). The number of halogens is 3. The highest BCUT2D eigenvalue weighted by Crippen LogP contribution is 2.35. The van der Waals surface area contributed by atoms with Crippen molar-refractivity contribution in [3.8, 4) is 0 Å². The van der Waals surface area contributed by atoms with E-state index in [2.05, 4.69) is 4.42 Å². The third kappa shape index (κ3) is 3.53. The van der Waals surface area contributed by atoms with Crippen molar-refractivity contribution in [2.45, 2.75) is 12.8 Å². The number of carbonyl (C=O) groups is 1. The van der Waals surface area contributed by atoms with Crippen LogP contribution < -0.4 is 5.32 Å². The molecule has 0 radical (unpaired) electrons. The molecule has 0 spiro atoms. The van der Waals surface area contributed by atoms with Gasteiger partial charge >= 0.3 is 12.3 Å². The Balaban J connectivity index is 1.94. The number of alkyl halides is 3. The van der Waals surface area contributed by atoms with Gasteiger partial charge in [-0.1, -0.05) is 30.3 Å². The van der Waals surface area contributed by atoms with Crippen LogP contribution in [0, 0.1) is 0 Å². The number of hydrogen-bond acceptors (Lipinski definition) is 3. The molecule has 106 valence electrons. The Labute approximate surface area is 112 Å². The lowest BCUT2D eigenvalue weighted by Gasteiger charge is -2.08. The number of rotatable bonds is 3. The normalized spacial score (nSPS) is 11.2. The molecule has 0 saturated heterocycles. The molecule has 2 aromatic rings. The number of anilines is 1. The van der Waals surface area contributed by atoms with E-state index in [9.17, 15) is 18.0 Å². The highest BCUT2D eigenvalue weighted by molar-refractivity contribution is 5.85. The molecule has 1 amide bonds. The van der Waals surface area contributed by atoms with Gasteiger partial charge in [-0.15, -0.1) is 0 Å². The number of ether oxygens (including phenoxy) is 1. The maximum absolute atomic E-state index is 12.5. The molecule has 0 fully saturated rings. The van der Waals surface area contributed by atoms with E-state index in [1.165, 1.54) is 0 Å². The third-order valence-electron chi connectivity index (χ3n) is 2.37. The minimum absolute atomic E-state index is 0.0358. The van der Waals surface area contributed by atoms with Crippen LogP contribution >= 0.6 is 0 Å². The fourth-order valence-electron chi connectivity index (χ4n) is 1.50. The molecular weight excluding hydrogens is 275 g/mol. The van der Waals surface area contributed by atoms with Crippen molar-refractivity contribution in [3.05, 3.63) is 54.0 Å². The van der Waals surface area contributed by atoms with Crippen molar-refractivity contribution in [2.24, 2.45) is 0 Å². The van der Waals surface area contributed by atoms with Crippen molar-refractivity contribution in [2.75, 3.05) is 5.32 Å². The largest absolute Gasteiger partial charge is 0.458 e. The molecule has 0 bridgehead atoms. The highest BCUT2D eigenvalue weighted by Gasteiger charge is 2.38. The van der Waals surface area contributed by atoms with Gasteiger partial charge in [0.2, 0.25) is 5.76 Å². The van der Waals surface area contributed by atoms with Crippen molar-refractivity contribution in [3.63, 3.8) is 0 Å². The van der Waals surface area contributed by atoms with Gasteiger partial charge in [-0.3, -0.25) is 5.32 Å². The van der Waals surface area contributed by atoms with Gasteiger partial charge in [-0.2, -0.15) is 13.2 Å². The number of hydrogen-bond donors (Lipinski definition) is 1. The summed E-state index contributed by atoms with van der Waals surface area (Å²) < 4.78 is 46.6. The third-order valence-corrected chi connectivity index (χ3v) is 2.37. The lowest BCUT2D eigenvalue weighted by molar-refractivity contribution is -0.152. The van der Waals surface area contributed by atoms with Crippen LogP contribution in [0.2, 0.25) is 0 Å². The molecular formula is C13H10F3NO3. The summed E-state index contributed by atoms with van der Waals surface area (Å²) in [5.41, 5.74) is 0.251. The molecule has 7 heteroatoms. The molecule has 0 aliphatic heterocycles. The Morgan fingerprint density at radius 2 is 1.90 bits per heavy atom. The zero-order chi connectivity index (χ0) is 14.6. The van der Waals surface area contributed by atoms with E-state index in [0.29, 0.717) is 0 Å². The average Bonchev–Trinajstić information content (AvgIpc) is 2.86. The number of carbonyl (C=O) groups excluding carboxylic acids is 1. The van der Waals surface area contributed by atoms with Crippen molar-refractivity contribution in [1.82, 2.24) is 0 Å². The van der Waals surface area contributed by atoms with Gasteiger partial charge in [0.15, 0.2) is 0 Å². The first kappa shape index (κ1) is 14.0. The SMILES string of the molecule is O=C(Nc1ccoc1C(F)(F)F)OCc1ccccc1. The van der Waals surface area contributed by atoms with E-state index in [4.69, 9.17) is 4.74 Å². The smallest absolute Gasteiger partial charge is 0.451 e. The summed E-state index contributed by atoms with van der Waals surface area (Å²) >= 11 is 0. The topological polar surface area (TPSA) is 51.5 Å². The van der Waals surface area contributed by atoms with Crippen molar-refractivity contribution >= 4 is 11.8 Å². The lowest BCUT2D eigenvalue weighted by atomic mass is 10.2. The molecule has 1 heterocycles. The predicted molar refractivity (Wildman–Crippen MR) is 64.0 cm³/mol. The van der Waals surface area contributed by atoms with E-state index in [1.807, 2.05) is 5.32 Å². The van der Waals surface area contributed by atoms with E-state index in [1.54, 1.807) is 30.3 Å². The lowest BCUT2D eigenvalue weighted by Crippen LogP contribution is -2.16. The first-order valence-electron chi connectivity index (χ1n) is 5.59. The summed E-state index contributed by atoms with van der Waals surface area (Å²) in [6.45, 7) is -0.0358. The van der Waals surface area contributed by atoms with Gasteiger partial charge in [0.05, 0.1) is 12.0 Å². The Morgan fingerprint density at radius 1 is 1.20 bits per heavy atom. The van der Waals surface area contributed by atoms with Gasteiger partial charge in [-0.25, -0.2) is 4.79 Å². The van der Waals surface area contributed by atoms with Crippen LogP contribution in [0.5, 0.6) is 0 Å². The molecule has 0 aliphatic rings. The van der Waals surface area contributed by atoms with Crippen LogP contribution in [0.4, 0.5) is 23.7 Å². The quantitative estimate of drug-likeness (QED) is 0.925. The van der Waals surface area contributed by atoms with E-state index < -0.39 is 23.7 Å². The van der Waals surface area contributed by atoms with Crippen LogP contribution in [-0.4, -0.2) is 6.09 Å². The Hall–Kier alpha value is -2.44. The molecule has 0 saturated carbocycles. The second-order valence-corrected chi connectivity index (χ2v) is 3.85. The van der Waals surface area contributed by atoms with Crippen LogP contribution in [0.25, 0.3) is 0 Å². The first-order chi connectivity index (χ1) is 9.47. The molecule has 4 nitrogen and oxygen atoms in total. The zero-order valence-electron chi connectivity index (χ0n) is 10.1. The second kappa shape index (κ2) is 5.68. The van der Waals surface area contributed by atoms with Gasteiger partial charge in [0.25, 0.3) is 0 Å². The van der Waals surface area contributed by atoms with Gasteiger partial charge in [0, 0.05) is 6.07 Å². The van der Waals surface area contributed by atoms with Gasteiger partial charge in [-0.05, 0) is 5.56 Å². The molecule has 2 rings (SSSR count). The summed E-state index contributed by atoms with van der Waals surface area (Å²) in [5.74, 6) is -1.27. The predicted octanol–water partition coefficient (Wildman–Crippen LogP) is 4.05. The van der Waals surface area contributed by atoms with Crippen LogP contribution in [0.15, 0.2) is 47.1 Å². The highest BCUT2D eigenvalue weighted by atomic mass is 19.4. The maximum Gasteiger partial charge on any atom is 0.451 e. The number of nitrogens with one attached hydrogen (secondary N) is 1. The van der Waals surface area contributed by atoms with Crippen LogP contribution in [0.3, 0.4) is 0 Å². The molecule has 0 atom stereocenters. The monoisotopic (exact) mass is 285 g/mol. The van der Waals surface area contributed by atoms with Crippen LogP contribution in [-0.2, 0) is 17.5 Å². The summed E-state index contributed by atoms with van der Waals surface area (Å²) in [4.78, 5) is 11.4. The Kier molecular flexibility index (Phi) is 3.97. The van der Waals surface area contributed by atoms with Gasteiger partial charge in [0.1, 0.15) is 6.61 Å². The molecule has 20 heavy (non-hydrogen) atoms. The zero-order valence-corrected chi connectivity index (χ0v) is 10.1. The molecule has 1 aromatic heterocycles. The molecule has 1 N–H and O–H groups in total. The summed E-state index contributed by atoms with van der Waals surface area (Å²) in [7, 11) is 0. The second-order valence-electron chi connectivity index (χ2n) is 3.85. The summed E-state index contributed by atoms with van der Waals surface area (Å²) in [6, 6.07) is 9.78. The van der Waals surface area contributed by atoms with Crippen molar-refractivity contribution < 1.29 is 27.1 Å².